The van der Waals surface area contributed by atoms with E-state index >= 15 is 0 Å². The molecular weight excluding hydrogens is 270 g/mol. The molecule has 94 valence electrons. The molecule has 0 aliphatic heterocycles. The topological polar surface area (TPSA) is 39.2 Å². The van der Waals surface area contributed by atoms with Gasteiger partial charge in [0.2, 0.25) is 0 Å². The molecule has 0 atom stereocenters. The predicted octanol–water partition coefficient (Wildman–Crippen LogP) is 3.75. The highest BCUT2D eigenvalue weighted by Crippen LogP contribution is 2.25. The second-order valence-corrected chi connectivity index (χ2v) is 4.99. The van der Waals surface area contributed by atoms with Crippen LogP contribution in [0.3, 0.4) is 0 Å². The summed E-state index contributed by atoms with van der Waals surface area (Å²) in [5, 5.41) is 3.44. The van der Waals surface area contributed by atoms with E-state index in [4.69, 9.17) is 16.3 Å². The van der Waals surface area contributed by atoms with E-state index in [1.54, 1.807) is 29.5 Å². The lowest BCUT2D eigenvalue weighted by Crippen LogP contribution is -1.99. The van der Waals surface area contributed by atoms with Gasteiger partial charge in [-0.05, 0) is 18.6 Å². The third kappa shape index (κ3) is 2.89. The van der Waals surface area contributed by atoms with Crippen LogP contribution in [0.5, 0.6) is 5.75 Å². The summed E-state index contributed by atoms with van der Waals surface area (Å²) < 4.78 is 5.58. The van der Waals surface area contributed by atoms with E-state index in [0.717, 1.165) is 17.1 Å². The number of halogens is 1. The lowest BCUT2D eigenvalue weighted by molar-refractivity contribution is 0.111. The van der Waals surface area contributed by atoms with E-state index in [-0.39, 0.29) is 0 Å². The Morgan fingerprint density at radius 2 is 2.33 bits per heavy atom. The molecule has 0 saturated heterocycles. The fraction of sp³-hybridized carbons (Fsp3) is 0.231. The Hall–Kier alpha value is -1.39. The first-order valence-electron chi connectivity index (χ1n) is 5.54. The summed E-state index contributed by atoms with van der Waals surface area (Å²) in [5.41, 5.74) is 1.25. The van der Waals surface area contributed by atoms with E-state index in [1.807, 2.05) is 5.38 Å². The first-order valence-corrected chi connectivity index (χ1v) is 6.80. The molecule has 0 aliphatic carbocycles. The normalized spacial score (nSPS) is 10.3. The molecule has 0 radical (unpaired) electrons. The molecule has 0 unspecified atom stereocenters. The number of hydrogen-bond donors (Lipinski definition) is 0. The Morgan fingerprint density at radius 3 is 3.00 bits per heavy atom. The second kappa shape index (κ2) is 5.98. The zero-order valence-electron chi connectivity index (χ0n) is 9.85. The van der Waals surface area contributed by atoms with Crippen LogP contribution in [0.25, 0.3) is 0 Å². The average molecular weight is 282 g/mol. The molecule has 1 aromatic heterocycles. The number of aldehydes is 1. The van der Waals surface area contributed by atoms with Gasteiger partial charge in [0.1, 0.15) is 12.4 Å². The van der Waals surface area contributed by atoms with E-state index in [2.05, 4.69) is 11.9 Å². The molecule has 18 heavy (non-hydrogen) atoms. The van der Waals surface area contributed by atoms with Crippen molar-refractivity contribution in [3.05, 3.63) is 44.9 Å². The van der Waals surface area contributed by atoms with Gasteiger partial charge in [-0.25, -0.2) is 4.98 Å². The van der Waals surface area contributed by atoms with Crippen LogP contribution in [0.15, 0.2) is 23.6 Å². The molecule has 2 rings (SSSR count). The number of hydrogen-bond acceptors (Lipinski definition) is 4. The summed E-state index contributed by atoms with van der Waals surface area (Å²) in [7, 11) is 0. The van der Waals surface area contributed by atoms with Crippen LogP contribution in [-0.4, -0.2) is 11.3 Å². The molecule has 0 aliphatic rings. The first-order chi connectivity index (χ1) is 8.74. The van der Waals surface area contributed by atoms with Crippen molar-refractivity contribution < 1.29 is 9.53 Å². The fourth-order valence-corrected chi connectivity index (χ4v) is 2.43. The lowest BCUT2D eigenvalue weighted by atomic mass is 10.2. The third-order valence-corrected chi connectivity index (χ3v) is 3.78. The van der Waals surface area contributed by atoms with Gasteiger partial charge in [-0.3, -0.25) is 4.79 Å². The molecule has 1 aromatic carbocycles. The monoisotopic (exact) mass is 281 g/mol. The van der Waals surface area contributed by atoms with Crippen molar-refractivity contribution in [1.29, 1.82) is 0 Å². The van der Waals surface area contributed by atoms with Crippen molar-refractivity contribution in [2.24, 2.45) is 0 Å². The number of rotatable bonds is 5. The zero-order chi connectivity index (χ0) is 13.0. The SMILES string of the molecule is CCc1nc(COc2cccc(Cl)c2C=O)cs1. The highest BCUT2D eigenvalue weighted by molar-refractivity contribution is 7.09. The van der Waals surface area contributed by atoms with Gasteiger partial charge >= 0.3 is 0 Å². The van der Waals surface area contributed by atoms with Crippen molar-refractivity contribution in [3.8, 4) is 5.75 Å². The number of nitrogens with zero attached hydrogens (tertiary/aromatic N) is 1. The largest absolute Gasteiger partial charge is 0.486 e. The molecule has 1 heterocycles. The molecule has 0 fully saturated rings. The zero-order valence-corrected chi connectivity index (χ0v) is 11.4. The standard InChI is InChI=1S/C13H12ClNO2S/c1-2-13-15-9(8-18-13)7-17-12-5-3-4-11(14)10(12)6-16/h3-6,8H,2,7H2,1H3. The van der Waals surface area contributed by atoms with E-state index in [9.17, 15) is 4.79 Å². The number of thiazole rings is 1. The summed E-state index contributed by atoms with van der Waals surface area (Å²) in [5.74, 6) is 0.489. The minimum Gasteiger partial charge on any atom is -0.486 e. The molecule has 0 saturated carbocycles. The van der Waals surface area contributed by atoms with E-state index in [0.29, 0.717) is 29.2 Å². The molecule has 5 heteroatoms. The van der Waals surface area contributed by atoms with Crippen LogP contribution in [-0.2, 0) is 13.0 Å². The maximum absolute atomic E-state index is 10.9. The summed E-state index contributed by atoms with van der Waals surface area (Å²) in [6.07, 6.45) is 1.62. The minimum atomic E-state index is 0.345. The van der Waals surface area contributed by atoms with Crippen molar-refractivity contribution in [3.63, 3.8) is 0 Å². The molecular formula is C13H12ClNO2S. The van der Waals surface area contributed by atoms with Gasteiger partial charge in [-0.1, -0.05) is 24.6 Å². The van der Waals surface area contributed by atoms with Crippen LogP contribution in [0, 0.1) is 0 Å². The van der Waals surface area contributed by atoms with Gasteiger partial charge in [0.15, 0.2) is 6.29 Å². The highest BCUT2D eigenvalue weighted by Gasteiger charge is 2.08. The molecule has 3 nitrogen and oxygen atoms in total. The van der Waals surface area contributed by atoms with Crippen molar-refractivity contribution >= 4 is 29.2 Å². The number of carbonyl (C=O) groups excluding carboxylic acids is 1. The Morgan fingerprint density at radius 1 is 1.50 bits per heavy atom. The Kier molecular flexibility index (Phi) is 4.33. The van der Waals surface area contributed by atoms with Crippen LogP contribution < -0.4 is 4.74 Å². The lowest BCUT2D eigenvalue weighted by Gasteiger charge is -2.07. The van der Waals surface area contributed by atoms with Gasteiger partial charge in [0.25, 0.3) is 0 Å². The Balaban J connectivity index is 2.10. The van der Waals surface area contributed by atoms with Crippen LogP contribution in [0.4, 0.5) is 0 Å². The van der Waals surface area contributed by atoms with Crippen molar-refractivity contribution in [1.82, 2.24) is 4.98 Å². The van der Waals surface area contributed by atoms with Gasteiger partial charge in [0, 0.05) is 5.38 Å². The average Bonchev–Trinajstić information content (AvgIpc) is 2.84. The van der Waals surface area contributed by atoms with Gasteiger partial charge in [-0.2, -0.15) is 0 Å². The third-order valence-electron chi connectivity index (χ3n) is 2.41. The summed E-state index contributed by atoms with van der Waals surface area (Å²) in [6.45, 7) is 2.41. The smallest absolute Gasteiger partial charge is 0.155 e. The summed E-state index contributed by atoms with van der Waals surface area (Å²) in [6, 6.07) is 5.14. The Bertz CT molecular complexity index is 554. The number of benzene rings is 1. The molecule has 2 aromatic rings. The van der Waals surface area contributed by atoms with Crippen molar-refractivity contribution in [2.45, 2.75) is 20.0 Å². The highest BCUT2D eigenvalue weighted by atomic mass is 35.5. The maximum Gasteiger partial charge on any atom is 0.155 e. The number of aryl methyl sites for hydroxylation is 1. The van der Waals surface area contributed by atoms with Crippen LogP contribution in [0.1, 0.15) is 28.0 Å². The maximum atomic E-state index is 10.9. The van der Waals surface area contributed by atoms with Gasteiger partial charge in [0.05, 0.1) is 21.3 Å². The predicted molar refractivity (Wildman–Crippen MR) is 72.7 cm³/mol. The summed E-state index contributed by atoms with van der Waals surface area (Å²) in [4.78, 5) is 15.3. The number of aromatic nitrogens is 1. The van der Waals surface area contributed by atoms with Crippen LogP contribution >= 0.6 is 22.9 Å². The summed E-state index contributed by atoms with van der Waals surface area (Å²) >= 11 is 7.52. The van der Waals surface area contributed by atoms with Crippen LogP contribution in [0.2, 0.25) is 5.02 Å². The van der Waals surface area contributed by atoms with E-state index < -0.39 is 0 Å². The fourth-order valence-electron chi connectivity index (χ4n) is 1.49. The molecule has 0 bridgehead atoms. The van der Waals surface area contributed by atoms with Crippen molar-refractivity contribution in [2.75, 3.05) is 0 Å². The van der Waals surface area contributed by atoms with Gasteiger partial charge in [-0.15, -0.1) is 11.3 Å². The number of ether oxygens (including phenoxy) is 1. The number of carbonyl (C=O) groups is 1. The second-order valence-electron chi connectivity index (χ2n) is 3.64. The Labute approximate surface area is 114 Å². The minimum absolute atomic E-state index is 0.345. The molecule has 0 N–H and O–H groups in total. The van der Waals surface area contributed by atoms with Gasteiger partial charge < -0.3 is 4.74 Å². The molecule has 0 spiro atoms. The molecule has 0 amide bonds. The first kappa shape index (κ1) is 13.1. The van der Waals surface area contributed by atoms with E-state index in [1.165, 1.54) is 0 Å². The quantitative estimate of drug-likeness (QED) is 0.784.